The van der Waals surface area contributed by atoms with Crippen molar-refractivity contribution in [2.24, 2.45) is 0 Å². The van der Waals surface area contributed by atoms with E-state index in [0.717, 1.165) is 45.3 Å². The molecule has 0 N–H and O–H groups in total. The molecule has 0 aliphatic carbocycles. The number of hydrogen-bond acceptors (Lipinski definition) is 2. The van der Waals surface area contributed by atoms with Crippen LogP contribution < -0.4 is 9.80 Å². The zero-order valence-electron chi connectivity index (χ0n) is 34.8. The van der Waals surface area contributed by atoms with Crippen molar-refractivity contribution in [2.75, 3.05) is 9.80 Å². The predicted molar refractivity (Wildman–Crippen MR) is 261 cm³/mol. The first kappa shape index (κ1) is 37.6. The highest BCUT2D eigenvalue weighted by Crippen LogP contribution is 2.45. The van der Waals surface area contributed by atoms with Crippen LogP contribution in [0.25, 0.3) is 54.9 Å². The van der Waals surface area contributed by atoms with Crippen molar-refractivity contribution in [2.45, 2.75) is 20.8 Å². The molecule has 0 aromatic heterocycles. The minimum atomic E-state index is 1.10. The summed E-state index contributed by atoms with van der Waals surface area (Å²) in [6.45, 7) is 6.48. The smallest absolute Gasteiger partial charge is 0.0540 e. The Labute approximate surface area is 359 Å². The highest BCUT2D eigenvalue weighted by molar-refractivity contribution is 6.02. The van der Waals surface area contributed by atoms with E-state index in [2.05, 4.69) is 255 Å². The first-order chi connectivity index (χ1) is 30.0. The third-order valence-corrected chi connectivity index (χ3v) is 11.9. The highest BCUT2D eigenvalue weighted by Gasteiger charge is 2.20. The molecule has 2 nitrogen and oxygen atoms in total. The van der Waals surface area contributed by atoms with Crippen LogP contribution in [-0.4, -0.2) is 0 Å². The van der Waals surface area contributed by atoms with E-state index in [1.165, 1.54) is 60.5 Å². The molecule has 61 heavy (non-hydrogen) atoms. The monoisotopic (exact) mass is 782 g/mol. The number of fused-ring (bicyclic) bond motifs is 2. The molecule has 10 aromatic carbocycles. The molecule has 292 valence electrons. The number of aryl methyl sites for hydroxylation is 3. The Bertz CT molecular complexity index is 3170. The molecule has 10 aromatic rings. The fourth-order valence-electron chi connectivity index (χ4n) is 8.84. The topological polar surface area (TPSA) is 6.48 Å². The molecular formula is C59H46N2. The summed E-state index contributed by atoms with van der Waals surface area (Å²) in [7, 11) is 0. The molecule has 0 saturated carbocycles. The van der Waals surface area contributed by atoms with Crippen molar-refractivity contribution in [3.05, 3.63) is 241 Å². The summed E-state index contributed by atoms with van der Waals surface area (Å²) in [6.07, 6.45) is 0. The van der Waals surface area contributed by atoms with Crippen molar-refractivity contribution in [1.82, 2.24) is 0 Å². The van der Waals surface area contributed by atoms with Crippen LogP contribution in [0, 0.1) is 20.8 Å². The van der Waals surface area contributed by atoms with Gasteiger partial charge in [0.05, 0.1) is 11.4 Å². The second-order valence-corrected chi connectivity index (χ2v) is 16.0. The molecule has 0 heterocycles. The molecular weight excluding hydrogens is 737 g/mol. The Morgan fingerprint density at radius 1 is 0.279 bits per heavy atom. The Morgan fingerprint density at radius 3 is 1.26 bits per heavy atom. The van der Waals surface area contributed by atoms with Gasteiger partial charge in [0.1, 0.15) is 0 Å². The lowest BCUT2D eigenvalue weighted by atomic mass is 9.89. The maximum Gasteiger partial charge on any atom is 0.0540 e. The SMILES string of the molecule is Cc1ccc(N(c2cccc(-c3ccccc3-c3ccccc3-c3cccc(N(c4ccc(C)cc4)c4ccc(C)c5ccccc45)c3)c2)c2cccc3ccccc23)cc1. The highest BCUT2D eigenvalue weighted by atomic mass is 15.1. The second kappa shape index (κ2) is 16.2. The van der Waals surface area contributed by atoms with Crippen LogP contribution in [0.2, 0.25) is 0 Å². The Kier molecular flexibility index (Phi) is 9.96. The third-order valence-electron chi connectivity index (χ3n) is 11.9. The molecule has 0 amide bonds. The molecule has 0 atom stereocenters. The third kappa shape index (κ3) is 7.23. The molecule has 0 bridgehead atoms. The summed E-state index contributed by atoms with van der Waals surface area (Å²) in [5.74, 6) is 0. The van der Waals surface area contributed by atoms with Crippen molar-refractivity contribution < 1.29 is 0 Å². The van der Waals surface area contributed by atoms with Gasteiger partial charge in [-0.3, -0.25) is 0 Å². The zero-order valence-corrected chi connectivity index (χ0v) is 34.8. The minimum absolute atomic E-state index is 1.10. The van der Waals surface area contributed by atoms with Gasteiger partial charge < -0.3 is 9.80 Å². The van der Waals surface area contributed by atoms with E-state index in [-0.39, 0.29) is 0 Å². The summed E-state index contributed by atoms with van der Waals surface area (Å²) < 4.78 is 0. The van der Waals surface area contributed by atoms with Crippen LogP contribution in [0.15, 0.2) is 224 Å². The van der Waals surface area contributed by atoms with Gasteiger partial charge in [-0.2, -0.15) is 0 Å². The van der Waals surface area contributed by atoms with Crippen LogP contribution in [-0.2, 0) is 0 Å². The van der Waals surface area contributed by atoms with Crippen molar-refractivity contribution in [1.29, 1.82) is 0 Å². The van der Waals surface area contributed by atoms with Crippen molar-refractivity contribution >= 4 is 55.7 Å². The largest absolute Gasteiger partial charge is 0.310 e. The van der Waals surface area contributed by atoms with E-state index >= 15 is 0 Å². The first-order valence-corrected chi connectivity index (χ1v) is 21.1. The second-order valence-electron chi connectivity index (χ2n) is 16.0. The van der Waals surface area contributed by atoms with E-state index in [1.807, 2.05) is 0 Å². The molecule has 0 unspecified atom stereocenters. The van der Waals surface area contributed by atoms with Gasteiger partial charge in [0.25, 0.3) is 0 Å². The lowest BCUT2D eigenvalue weighted by molar-refractivity contribution is 1.28. The summed E-state index contributed by atoms with van der Waals surface area (Å²) in [5.41, 5.74) is 17.6. The van der Waals surface area contributed by atoms with Crippen LogP contribution in [0.5, 0.6) is 0 Å². The number of rotatable bonds is 9. The fourth-order valence-corrected chi connectivity index (χ4v) is 8.84. The molecule has 0 saturated heterocycles. The molecule has 0 radical (unpaired) electrons. The van der Waals surface area contributed by atoms with Gasteiger partial charge in [-0.25, -0.2) is 0 Å². The Morgan fingerprint density at radius 2 is 0.705 bits per heavy atom. The maximum absolute atomic E-state index is 2.41. The molecule has 0 aliphatic heterocycles. The fraction of sp³-hybridized carbons (Fsp3) is 0.0508. The molecule has 10 rings (SSSR count). The predicted octanol–water partition coefficient (Wildman–Crippen LogP) is 16.9. The average molecular weight is 783 g/mol. The number of anilines is 6. The van der Waals surface area contributed by atoms with Crippen LogP contribution in [0.4, 0.5) is 34.1 Å². The Balaban J connectivity index is 1.09. The quantitative estimate of drug-likeness (QED) is 0.144. The minimum Gasteiger partial charge on any atom is -0.310 e. The zero-order chi connectivity index (χ0) is 41.3. The lowest BCUT2D eigenvalue weighted by Crippen LogP contribution is -2.11. The standard InChI is InChI=1S/C59H46N2/c1-41-29-34-47(35-30-41)60(58-28-14-16-44-15-4-5-24-54(44)58)49-19-12-17-45(39-49)52-22-7-9-25-55(52)56-26-10-8-23-53(56)46-18-13-20-50(40-46)61(48-36-31-42(2)32-37-48)59-38-33-43(3)51-21-6-11-27-57(51)59/h4-40H,1-3H3. The van der Waals surface area contributed by atoms with Gasteiger partial charge in [0, 0.05) is 33.5 Å². The van der Waals surface area contributed by atoms with Gasteiger partial charge >= 0.3 is 0 Å². The molecule has 2 heteroatoms. The molecule has 0 fully saturated rings. The van der Waals surface area contributed by atoms with E-state index in [4.69, 9.17) is 0 Å². The van der Waals surface area contributed by atoms with Crippen LogP contribution in [0.1, 0.15) is 16.7 Å². The van der Waals surface area contributed by atoms with E-state index in [1.54, 1.807) is 0 Å². The summed E-state index contributed by atoms with van der Waals surface area (Å²) in [5, 5.41) is 4.92. The van der Waals surface area contributed by atoms with Crippen LogP contribution >= 0.6 is 0 Å². The van der Waals surface area contributed by atoms with Crippen molar-refractivity contribution in [3.63, 3.8) is 0 Å². The van der Waals surface area contributed by atoms with Gasteiger partial charge in [0.15, 0.2) is 0 Å². The number of hydrogen-bond donors (Lipinski definition) is 0. The maximum atomic E-state index is 2.41. The lowest BCUT2D eigenvalue weighted by Gasteiger charge is -2.28. The van der Waals surface area contributed by atoms with Crippen molar-refractivity contribution in [3.8, 4) is 33.4 Å². The van der Waals surface area contributed by atoms with Crippen LogP contribution in [0.3, 0.4) is 0 Å². The Hall–Kier alpha value is -7.68. The molecule has 0 spiro atoms. The van der Waals surface area contributed by atoms with Gasteiger partial charge in [-0.15, -0.1) is 0 Å². The van der Waals surface area contributed by atoms with E-state index in [9.17, 15) is 0 Å². The first-order valence-electron chi connectivity index (χ1n) is 21.1. The average Bonchev–Trinajstić information content (AvgIpc) is 3.31. The normalized spacial score (nSPS) is 11.2. The van der Waals surface area contributed by atoms with Gasteiger partial charge in [0.2, 0.25) is 0 Å². The van der Waals surface area contributed by atoms with Gasteiger partial charge in [-0.1, -0.05) is 175 Å². The summed E-state index contributed by atoms with van der Waals surface area (Å²) in [4.78, 5) is 4.80. The van der Waals surface area contributed by atoms with E-state index < -0.39 is 0 Å². The van der Waals surface area contributed by atoms with Gasteiger partial charge in [-0.05, 0) is 131 Å². The number of benzene rings is 10. The molecule has 0 aliphatic rings. The summed E-state index contributed by atoms with van der Waals surface area (Å²) >= 11 is 0. The number of nitrogens with zero attached hydrogens (tertiary/aromatic N) is 2. The summed E-state index contributed by atoms with van der Waals surface area (Å²) in [6, 6.07) is 81.9. The van der Waals surface area contributed by atoms with E-state index in [0.29, 0.717) is 0 Å².